The number of carbonyl (C=O) groups excluding carboxylic acids is 1. The maximum Gasteiger partial charge on any atom is 0.321 e. The summed E-state index contributed by atoms with van der Waals surface area (Å²) in [4.78, 5) is 30.7. The number of aryl methyl sites for hydroxylation is 1. The third kappa shape index (κ3) is 9.88. The van der Waals surface area contributed by atoms with Gasteiger partial charge in [-0.2, -0.15) is 0 Å². The van der Waals surface area contributed by atoms with E-state index in [1.165, 1.54) is 11.6 Å². The highest BCUT2D eigenvalue weighted by Gasteiger charge is 2.06. The number of nitrogens with one attached hydrogen (secondary N) is 3. The SMILES string of the molecule is CCCCNC(=O)Nc1nc(CCCCCOc2ccc(/C=C/c3ccccc3)cc2)cc(=O)[nH]1. The molecule has 0 saturated heterocycles. The number of H-pyrrole nitrogens is 1. The van der Waals surface area contributed by atoms with E-state index in [-0.39, 0.29) is 17.5 Å². The molecule has 0 bridgehead atoms. The number of nitrogens with zero attached hydrogens (tertiary/aromatic N) is 1. The van der Waals surface area contributed by atoms with Crippen molar-refractivity contribution in [2.24, 2.45) is 0 Å². The average Bonchev–Trinajstić information content (AvgIpc) is 2.86. The Labute approximate surface area is 206 Å². The lowest BCUT2D eigenvalue weighted by atomic mass is 10.1. The molecular formula is C28H34N4O3. The first kappa shape index (κ1) is 25.7. The molecule has 0 fully saturated rings. The summed E-state index contributed by atoms with van der Waals surface area (Å²) >= 11 is 0. The smallest absolute Gasteiger partial charge is 0.321 e. The van der Waals surface area contributed by atoms with Gasteiger partial charge in [-0.3, -0.25) is 15.1 Å². The molecular weight excluding hydrogens is 440 g/mol. The number of unbranched alkanes of at least 4 members (excludes halogenated alkanes) is 3. The fourth-order valence-electron chi connectivity index (χ4n) is 3.43. The van der Waals surface area contributed by atoms with Gasteiger partial charge in [0, 0.05) is 18.3 Å². The van der Waals surface area contributed by atoms with Crippen molar-refractivity contribution in [3.05, 3.63) is 87.8 Å². The minimum Gasteiger partial charge on any atom is -0.494 e. The van der Waals surface area contributed by atoms with Crippen LogP contribution in [0.4, 0.5) is 10.7 Å². The number of anilines is 1. The molecule has 3 aromatic rings. The van der Waals surface area contributed by atoms with Crippen LogP contribution in [-0.2, 0) is 6.42 Å². The van der Waals surface area contributed by atoms with E-state index in [4.69, 9.17) is 4.74 Å². The van der Waals surface area contributed by atoms with Crippen molar-refractivity contribution in [3.8, 4) is 5.75 Å². The molecule has 0 radical (unpaired) electrons. The molecule has 7 nitrogen and oxygen atoms in total. The topological polar surface area (TPSA) is 96.1 Å². The van der Waals surface area contributed by atoms with Crippen LogP contribution in [0.2, 0.25) is 0 Å². The van der Waals surface area contributed by atoms with Crippen LogP contribution >= 0.6 is 0 Å². The van der Waals surface area contributed by atoms with Gasteiger partial charge in [0.05, 0.1) is 6.61 Å². The Hall–Kier alpha value is -3.87. The predicted molar refractivity (Wildman–Crippen MR) is 142 cm³/mol. The number of carbonyl (C=O) groups is 1. The molecule has 3 rings (SSSR count). The lowest BCUT2D eigenvalue weighted by Crippen LogP contribution is -2.31. The monoisotopic (exact) mass is 474 g/mol. The lowest BCUT2D eigenvalue weighted by Gasteiger charge is -2.08. The Morgan fingerprint density at radius 3 is 2.46 bits per heavy atom. The summed E-state index contributed by atoms with van der Waals surface area (Å²) in [7, 11) is 0. The minimum atomic E-state index is -0.365. The zero-order chi connectivity index (χ0) is 24.7. The summed E-state index contributed by atoms with van der Waals surface area (Å²) in [6.07, 6.45) is 9.47. The number of hydrogen-bond donors (Lipinski definition) is 3. The van der Waals surface area contributed by atoms with Crippen LogP contribution in [0.3, 0.4) is 0 Å². The summed E-state index contributed by atoms with van der Waals surface area (Å²) in [6, 6.07) is 19.4. The summed E-state index contributed by atoms with van der Waals surface area (Å²) in [5.74, 6) is 1.03. The Bertz CT molecular complexity index is 1120. The molecule has 35 heavy (non-hydrogen) atoms. The molecule has 1 heterocycles. The Kier molecular flexibility index (Phi) is 10.6. The molecule has 7 heteroatoms. The third-order valence-corrected chi connectivity index (χ3v) is 5.34. The number of hydrogen-bond acceptors (Lipinski definition) is 4. The van der Waals surface area contributed by atoms with E-state index in [0.717, 1.165) is 43.4 Å². The second-order valence-corrected chi connectivity index (χ2v) is 8.29. The van der Waals surface area contributed by atoms with E-state index in [0.29, 0.717) is 25.3 Å². The predicted octanol–water partition coefficient (Wildman–Crippen LogP) is 5.65. The molecule has 0 unspecified atom stereocenters. The van der Waals surface area contributed by atoms with Crippen LogP contribution in [0.5, 0.6) is 5.75 Å². The third-order valence-electron chi connectivity index (χ3n) is 5.34. The molecule has 0 atom stereocenters. The van der Waals surface area contributed by atoms with Gasteiger partial charge in [-0.15, -0.1) is 0 Å². The van der Waals surface area contributed by atoms with Crippen LogP contribution in [-0.4, -0.2) is 29.2 Å². The molecule has 3 N–H and O–H groups in total. The van der Waals surface area contributed by atoms with Crippen LogP contribution in [0.1, 0.15) is 55.8 Å². The van der Waals surface area contributed by atoms with E-state index in [2.05, 4.69) is 51.8 Å². The van der Waals surface area contributed by atoms with Crippen molar-refractivity contribution >= 4 is 24.1 Å². The highest BCUT2D eigenvalue weighted by molar-refractivity contribution is 5.87. The zero-order valence-corrected chi connectivity index (χ0v) is 20.3. The first-order chi connectivity index (χ1) is 17.1. The highest BCUT2D eigenvalue weighted by atomic mass is 16.5. The second-order valence-electron chi connectivity index (χ2n) is 8.29. The van der Waals surface area contributed by atoms with Gasteiger partial charge in [-0.1, -0.05) is 68.0 Å². The molecule has 184 valence electrons. The fraction of sp³-hybridized carbons (Fsp3) is 0.321. The van der Waals surface area contributed by atoms with Crippen LogP contribution < -0.4 is 20.9 Å². The molecule has 0 aliphatic heterocycles. The Morgan fingerprint density at radius 1 is 0.971 bits per heavy atom. The number of aromatic amines is 1. The van der Waals surface area contributed by atoms with Crippen molar-refractivity contribution in [1.82, 2.24) is 15.3 Å². The van der Waals surface area contributed by atoms with Gasteiger partial charge in [-0.25, -0.2) is 9.78 Å². The molecule has 0 aliphatic carbocycles. The number of rotatable bonds is 13. The molecule has 2 amide bonds. The minimum absolute atomic E-state index is 0.173. The summed E-state index contributed by atoms with van der Waals surface area (Å²) in [6.45, 7) is 3.27. The number of benzene rings is 2. The van der Waals surface area contributed by atoms with Gasteiger partial charge >= 0.3 is 6.03 Å². The van der Waals surface area contributed by atoms with E-state index in [1.807, 2.05) is 42.5 Å². The molecule has 0 aliphatic rings. The summed E-state index contributed by atoms with van der Waals surface area (Å²) in [5, 5.41) is 5.33. The van der Waals surface area contributed by atoms with Crippen molar-refractivity contribution < 1.29 is 9.53 Å². The Balaban J connectivity index is 1.35. The first-order valence-electron chi connectivity index (χ1n) is 12.2. The largest absolute Gasteiger partial charge is 0.494 e. The van der Waals surface area contributed by atoms with Crippen molar-refractivity contribution in [3.63, 3.8) is 0 Å². The van der Waals surface area contributed by atoms with Crippen molar-refractivity contribution in [1.29, 1.82) is 0 Å². The van der Waals surface area contributed by atoms with Gasteiger partial charge in [0.1, 0.15) is 5.75 Å². The molecule has 2 aromatic carbocycles. The van der Waals surface area contributed by atoms with Crippen LogP contribution in [0, 0.1) is 0 Å². The fourth-order valence-corrected chi connectivity index (χ4v) is 3.43. The highest BCUT2D eigenvalue weighted by Crippen LogP contribution is 2.15. The average molecular weight is 475 g/mol. The van der Waals surface area contributed by atoms with E-state index in [1.54, 1.807) is 0 Å². The maximum absolute atomic E-state index is 11.9. The van der Waals surface area contributed by atoms with E-state index in [9.17, 15) is 9.59 Å². The van der Waals surface area contributed by atoms with Gasteiger partial charge in [0.15, 0.2) is 0 Å². The standard InChI is InChI=1S/C28H34N4O3/c1-2-3-19-29-28(34)32-27-30-24(21-26(33)31-27)12-8-5-9-20-35-25-17-15-23(16-18-25)14-13-22-10-6-4-7-11-22/h4,6-7,10-11,13-18,21H,2-3,5,8-9,12,19-20H2,1H3,(H3,29,30,31,32,33,34)/b14-13+. The van der Waals surface area contributed by atoms with Crippen LogP contribution in [0.25, 0.3) is 12.2 Å². The number of ether oxygens (including phenoxy) is 1. The molecule has 0 spiro atoms. The van der Waals surface area contributed by atoms with Gasteiger partial charge in [0.25, 0.3) is 5.56 Å². The molecule has 1 aromatic heterocycles. The quantitative estimate of drug-likeness (QED) is 0.220. The first-order valence-corrected chi connectivity index (χ1v) is 12.2. The molecule has 0 saturated carbocycles. The maximum atomic E-state index is 11.9. The Morgan fingerprint density at radius 2 is 1.71 bits per heavy atom. The lowest BCUT2D eigenvalue weighted by molar-refractivity contribution is 0.252. The van der Waals surface area contributed by atoms with E-state index >= 15 is 0 Å². The number of urea groups is 1. The van der Waals surface area contributed by atoms with Crippen molar-refractivity contribution in [2.75, 3.05) is 18.5 Å². The zero-order valence-electron chi connectivity index (χ0n) is 20.3. The summed E-state index contributed by atoms with van der Waals surface area (Å²) < 4.78 is 5.85. The van der Waals surface area contributed by atoms with Crippen LogP contribution in [0.15, 0.2) is 65.5 Å². The van der Waals surface area contributed by atoms with Gasteiger partial charge < -0.3 is 10.1 Å². The summed E-state index contributed by atoms with van der Waals surface area (Å²) in [5.41, 5.74) is 2.68. The van der Waals surface area contributed by atoms with Gasteiger partial charge in [0.2, 0.25) is 5.95 Å². The normalized spacial score (nSPS) is 10.9. The van der Waals surface area contributed by atoms with E-state index < -0.39 is 0 Å². The second kappa shape index (κ2) is 14.4. The van der Waals surface area contributed by atoms with Gasteiger partial charge in [-0.05, 0) is 55.4 Å². The van der Waals surface area contributed by atoms with Crippen molar-refractivity contribution in [2.45, 2.75) is 45.4 Å². The number of amides is 2. The number of aromatic nitrogens is 2.